The van der Waals surface area contributed by atoms with Gasteiger partial charge in [-0.2, -0.15) is 0 Å². The lowest BCUT2D eigenvalue weighted by Crippen LogP contribution is -2.38. The van der Waals surface area contributed by atoms with E-state index in [9.17, 15) is 8.42 Å². The highest BCUT2D eigenvalue weighted by molar-refractivity contribution is 9.10. The Morgan fingerprint density at radius 1 is 1.06 bits per heavy atom. The standard InChI is InChI=1S/C25H34BrNO3S/c1-5-7-13-25(14-8-6-2)17-27(20-11-9-19(3)10-12-20)22-15-21(26)23(30-4)16-24(22)31(28,29)18-25/h9-12,15-16H,5-8,13-14,17-18H2,1-4H3. The van der Waals surface area contributed by atoms with Crippen molar-refractivity contribution in [1.82, 2.24) is 0 Å². The van der Waals surface area contributed by atoms with Gasteiger partial charge in [0, 0.05) is 23.7 Å². The second-order valence-corrected chi connectivity index (χ2v) is 11.7. The molecule has 0 bridgehead atoms. The summed E-state index contributed by atoms with van der Waals surface area (Å²) in [6.45, 7) is 7.11. The monoisotopic (exact) mass is 507 g/mol. The number of hydrogen-bond acceptors (Lipinski definition) is 4. The molecule has 0 saturated carbocycles. The molecule has 0 N–H and O–H groups in total. The quantitative estimate of drug-likeness (QED) is 0.383. The lowest BCUT2D eigenvalue weighted by molar-refractivity contribution is 0.270. The van der Waals surface area contributed by atoms with Crippen LogP contribution in [0.3, 0.4) is 0 Å². The Morgan fingerprint density at radius 2 is 1.68 bits per heavy atom. The molecular formula is C25H34BrNO3S. The van der Waals surface area contributed by atoms with Gasteiger partial charge in [0.1, 0.15) is 5.75 Å². The molecule has 0 aliphatic carbocycles. The van der Waals surface area contributed by atoms with Gasteiger partial charge >= 0.3 is 0 Å². The summed E-state index contributed by atoms with van der Waals surface area (Å²) in [6.07, 6.45) is 6.01. The maximum absolute atomic E-state index is 13.7. The highest BCUT2D eigenvalue weighted by Crippen LogP contribution is 2.47. The van der Waals surface area contributed by atoms with Crippen molar-refractivity contribution in [3.05, 3.63) is 46.4 Å². The van der Waals surface area contributed by atoms with Crippen molar-refractivity contribution >= 4 is 37.1 Å². The van der Waals surface area contributed by atoms with Crippen LogP contribution in [0.1, 0.15) is 57.9 Å². The van der Waals surface area contributed by atoms with Crippen LogP contribution in [0.4, 0.5) is 11.4 Å². The molecular weight excluding hydrogens is 474 g/mol. The zero-order valence-corrected chi connectivity index (χ0v) is 21.5. The first-order valence-corrected chi connectivity index (χ1v) is 13.6. The molecule has 1 aliphatic rings. The van der Waals surface area contributed by atoms with Crippen molar-refractivity contribution in [2.45, 2.75) is 64.2 Å². The lowest BCUT2D eigenvalue weighted by atomic mass is 9.79. The van der Waals surface area contributed by atoms with E-state index in [0.29, 0.717) is 17.2 Å². The number of nitrogens with zero attached hydrogens (tertiary/aromatic N) is 1. The minimum Gasteiger partial charge on any atom is -0.496 e. The molecule has 2 aromatic rings. The molecule has 0 radical (unpaired) electrons. The molecule has 0 amide bonds. The number of sulfone groups is 1. The Morgan fingerprint density at radius 3 is 2.23 bits per heavy atom. The summed E-state index contributed by atoms with van der Waals surface area (Å²) in [5.74, 6) is 0.723. The first-order valence-electron chi connectivity index (χ1n) is 11.2. The summed E-state index contributed by atoms with van der Waals surface area (Å²) in [7, 11) is -1.92. The molecule has 1 aliphatic heterocycles. The first kappa shape index (κ1) is 24.1. The van der Waals surface area contributed by atoms with E-state index in [2.05, 4.69) is 65.9 Å². The highest BCUT2D eigenvalue weighted by Gasteiger charge is 2.42. The van der Waals surface area contributed by atoms with Crippen LogP contribution in [-0.4, -0.2) is 27.8 Å². The molecule has 0 unspecified atom stereocenters. The Hall–Kier alpha value is -1.53. The van der Waals surface area contributed by atoms with Crippen molar-refractivity contribution in [1.29, 1.82) is 0 Å². The Labute approximate surface area is 196 Å². The Kier molecular flexibility index (Phi) is 7.74. The van der Waals surface area contributed by atoms with Crippen molar-refractivity contribution < 1.29 is 13.2 Å². The number of rotatable bonds is 8. The van der Waals surface area contributed by atoms with Crippen LogP contribution >= 0.6 is 15.9 Å². The van der Waals surface area contributed by atoms with E-state index in [-0.39, 0.29) is 11.2 Å². The van der Waals surface area contributed by atoms with Crippen LogP contribution in [0.5, 0.6) is 5.75 Å². The first-order chi connectivity index (χ1) is 14.7. The molecule has 2 aromatic carbocycles. The van der Waals surface area contributed by atoms with Gasteiger partial charge in [0.25, 0.3) is 0 Å². The molecule has 0 aromatic heterocycles. The van der Waals surface area contributed by atoms with Gasteiger partial charge in [-0.05, 0) is 53.9 Å². The molecule has 3 rings (SSSR count). The van der Waals surface area contributed by atoms with Gasteiger partial charge in [-0.25, -0.2) is 8.42 Å². The lowest BCUT2D eigenvalue weighted by Gasteiger charge is -2.37. The highest BCUT2D eigenvalue weighted by atomic mass is 79.9. The van der Waals surface area contributed by atoms with Gasteiger partial charge in [0.2, 0.25) is 0 Å². The number of anilines is 2. The summed E-state index contributed by atoms with van der Waals surface area (Å²) in [4.78, 5) is 2.58. The molecule has 0 atom stereocenters. The van der Waals surface area contributed by atoms with Crippen LogP contribution < -0.4 is 9.64 Å². The van der Waals surface area contributed by atoms with Crippen LogP contribution in [0.25, 0.3) is 0 Å². The molecule has 1 heterocycles. The summed E-state index contributed by atoms with van der Waals surface area (Å²) < 4.78 is 33.7. The smallest absolute Gasteiger partial charge is 0.181 e. The average Bonchev–Trinajstić information content (AvgIpc) is 2.83. The second-order valence-electron chi connectivity index (χ2n) is 8.84. The number of ether oxygens (including phenoxy) is 1. The number of methoxy groups -OCH3 is 1. The van der Waals surface area contributed by atoms with Gasteiger partial charge < -0.3 is 9.64 Å². The largest absolute Gasteiger partial charge is 0.496 e. The molecule has 4 nitrogen and oxygen atoms in total. The van der Waals surface area contributed by atoms with Gasteiger partial charge in [0.15, 0.2) is 9.84 Å². The Balaban J connectivity index is 2.24. The second kappa shape index (κ2) is 9.95. The normalized spacial score (nSPS) is 17.1. The van der Waals surface area contributed by atoms with E-state index in [1.165, 1.54) is 5.56 Å². The van der Waals surface area contributed by atoms with Crippen molar-refractivity contribution in [2.75, 3.05) is 24.3 Å². The fourth-order valence-corrected chi connectivity index (χ4v) is 7.18. The van der Waals surface area contributed by atoms with Gasteiger partial charge in [-0.1, -0.05) is 57.2 Å². The molecule has 170 valence electrons. The van der Waals surface area contributed by atoms with Crippen molar-refractivity contribution in [3.8, 4) is 5.75 Å². The third-order valence-corrected chi connectivity index (χ3v) is 8.93. The molecule has 6 heteroatoms. The minimum atomic E-state index is -3.49. The summed E-state index contributed by atoms with van der Waals surface area (Å²) in [5.41, 5.74) is 2.66. The maximum atomic E-state index is 13.7. The van der Waals surface area contributed by atoms with Crippen molar-refractivity contribution in [2.24, 2.45) is 5.41 Å². The molecule has 0 saturated heterocycles. The zero-order valence-electron chi connectivity index (χ0n) is 19.1. The molecule has 0 fully saturated rings. The van der Waals surface area contributed by atoms with Crippen LogP contribution in [0.2, 0.25) is 0 Å². The third kappa shape index (κ3) is 5.28. The van der Waals surface area contributed by atoms with Gasteiger partial charge in [0.05, 0.1) is 27.9 Å². The number of unbranched alkanes of at least 4 members (excludes halogenated alkanes) is 2. The molecule has 31 heavy (non-hydrogen) atoms. The fraction of sp³-hybridized carbons (Fsp3) is 0.520. The summed E-state index contributed by atoms with van der Waals surface area (Å²) >= 11 is 3.58. The van der Waals surface area contributed by atoms with E-state index in [4.69, 9.17) is 4.74 Å². The number of benzene rings is 2. The SMILES string of the molecule is CCCCC1(CCCC)CN(c2ccc(C)cc2)c2cc(Br)c(OC)cc2S(=O)(=O)C1. The third-order valence-electron chi connectivity index (χ3n) is 6.32. The van der Waals surface area contributed by atoms with E-state index < -0.39 is 9.84 Å². The number of fused-ring (bicyclic) bond motifs is 1. The van der Waals surface area contributed by atoms with Crippen LogP contribution in [-0.2, 0) is 9.84 Å². The average molecular weight is 509 g/mol. The summed E-state index contributed by atoms with van der Waals surface area (Å²) in [6, 6.07) is 12.0. The topological polar surface area (TPSA) is 46.6 Å². The van der Waals surface area contributed by atoms with E-state index in [0.717, 1.165) is 54.4 Å². The van der Waals surface area contributed by atoms with Crippen LogP contribution in [0.15, 0.2) is 45.8 Å². The minimum absolute atomic E-state index is 0.181. The number of halogens is 1. The van der Waals surface area contributed by atoms with Gasteiger partial charge in [-0.3, -0.25) is 0 Å². The van der Waals surface area contributed by atoms with E-state index in [1.807, 2.05) is 6.07 Å². The van der Waals surface area contributed by atoms with Crippen molar-refractivity contribution in [3.63, 3.8) is 0 Å². The summed E-state index contributed by atoms with van der Waals surface area (Å²) in [5, 5.41) is 0. The van der Waals surface area contributed by atoms with E-state index >= 15 is 0 Å². The van der Waals surface area contributed by atoms with Gasteiger partial charge in [-0.15, -0.1) is 0 Å². The fourth-order valence-electron chi connectivity index (χ4n) is 4.57. The number of hydrogen-bond donors (Lipinski definition) is 0. The van der Waals surface area contributed by atoms with Crippen LogP contribution in [0, 0.1) is 12.3 Å². The molecule has 0 spiro atoms. The van der Waals surface area contributed by atoms with E-state index in [1.54, 1.807) is 13.2 Å². The number of aryl methyl sites for hydroxylation is 1. The Bertz CT molecular complexity index is 994. The predicted octanol–water partition coefficient (Wildman–Crippen LogP) is 7.06. The zero-order chi connectivity index (χ0) is 22.6. The predicted molar refractivity (Wildman–Crippen MR) is 132 cm³/mol. The maximum Gasteiger partial charge on any atom is 0.181 e.